The van der Waals surface area contributed by atoms with Crippen LogP contribution in [0.1, 0.15) is 71.0 Å². The van der Waals surface area contributed by atoms with Crippen molar-refractivity contribution in [2.45, 2.75) is 89.0 Å². The summed E-state index contributed by atoms with van der Waals surface area (Å²) in [4.78, 5) is 12.7. The van der Waals surface area contributed by atoms with E-state index in [0.717, 1.165) is 44.5 Å². The molecular formula is C23H39ClN5O4S+. The van der Waals surface area contributed by atoms with Crippen LogP contribution < -0.4 is 0 Å². The minimum absolute atomic E-state index is 0.0258. The van der Waals surface area contributed by atoms with Crippen molar-refractivity contribution >= 4 is 32.6 Å². The van der Waals surface area contributed by atoms with E-state index in [1.807, 2.05) is 11.5 Å². The number of hydrogen-bond acceptors (Lipinski definition) is 7. The van der Waals surface area contributed by atoms with E-state index in [1.54, 1.807) is 13.8 Å². The van der Waals surface area contributed by atoms with Crippen molar-refractivity contribution in [3.8, 4) is 0 Å². The number of morpholine rings is 1. The van der Waals surface area contributed by atoms with Crippen LogP contribution in [0.15, 0.2) is 5.03 Å². The smallest absolute Gasteiger partial charge is 0.225 e. The molecule has 2 aromatic heterocycles. The molecule has 1 fully saturated rings. The summed E-state index contributed by atoms with van der Waals surface area (Å²) < 4.78 is 33.2. The molecule has 2 aromatic rings. The average Bonchev–Trinajstić information content (AvgIpc) is 3.09. The van der Waals surface area contributed by atoms with Crippen LogP contribution in [-0.4, -0.2) is 75.9 Å². The second kappa shape index (κ2) is 12.1. The van der Waals surface area contributed by atoms with E-state index in [9.17, 15) is 13.6 Å². The largest absolute Gasteiger partial charge is 0.370 e. The number of fused-ring (bicyclic) bond motifs is 1. The molecule has 11 heteroatoms. The number of halogens is 1. The van der Waals surface area contributed by atoms with Gasteiger partial charge >= 0.3 is 0 Å². The molecule has 3 heterocycles. The zero-order valence-electron chi connectivity index (χ0n) is 20.7. The van der Waals surface area contributed by atoms with E-state index in [1.165, 1.54) is 19.3 Å². The van der Waals surface area contributed by atoms with Gasteiger partial charge in [-0.3, -0.25) is 0 Å². The number of sulfone groups is 1. The second-order valence-electron chi connectivity index (χ2n) is 9.58. The number of aryl methyl sites for hydroxylation is 2. The van der Waals surface area contributed by atoms with Crippen LogP contribution >= 0.6 is 11.6 Å². The Morgan fingerprint density at radius 3 is 2.21 bits per heavy atom. The van der Waals surface area contributed by atoms with Gasteiger partial charge in [0.05, 0.1) is 18.5 Å². The molecular weight excluding hydrogens is 478 g/mol. The number of unbranched alkanes of at least 4 members (excludes halogenated alkanes) is 7. The molecule has 0 radical (unpaired) electrons. The van der Waals surface area contributed by atoms with Gasteiger partial charge < -0.3 is 9.30 Å². The summed E-state index contributed by atoms with van der Waals surface area (Å²) in [5.41, 5.74) is 0.793. The average molecular weight is 517 g/mol. The molecule has 1 saturated heterocycles. The van der Waals surface area contributed by atoms with Gasteiger partial charge in [-0.2, -0.15) is 9.63 Å². The number of hydrogen-bond donors (Lipinski definition) is 1. The standard InChI is InChI=1S/C23H39ClN5O4S/c1-18(2)34(31,32)22-20-21(26-23(24)27-22)25-19(3)28(20)12-10-8-6-4-5-7-9-11-13-29(30)14-16-33-17-15-29/h18,30H,4-17H2,1-3H3/q+1. The molecule has 0 saturated carbocycles. The third-order valence-electron chi connectivity index (χ3n) is 6.63. The molecule has 0 unspecified atom stereocenters. The van der Waals surface area contributed by atoms with Crippen molar-refractivity contribution in [3.05, 3.63) is 11.1 Å². The quantitative estimate of drug-likeness (QED) is 0.183. The fourth-order valence-corrected chi connectivity index (χ4v) is 5.77. The summed E-state index contributed by atoms with van der Waals surface area (Å²) in [5.74, 6) is 0.719. The Balaban J connectivity index is 1.43. The van der Waals surface area contributed by atoms with E-state index >= 15 is 0 Å². The summed E-state index contributed by atoms with van der Waals surface area (Å²) >= 11 is 6.00. The highest BCUT2D eigenvalue weighted by Gasteiger charge is 2.29. The van der Waals surface area contributed by atoms with E-state index in [0.29, 0.717) is 44.0 Å². The maximum absolute atomic E-state index is 12.9. The molecule has 1 aliphatic heterocycles. The van der Waals surface area contributed by atoms with Crippen LogP contribution in [-0.2, 0) is 21.1 Å². The predicted octanol–water partition coefficient (Wildman–Crippen LogP) is 4.33. The summed E-state index contributed by atoms with van der Waals surface area (Å²) in [7, 11) is -3.62. The second-order valence-corrected chi connectivity index (χ2v) is 12.3. The lowest BCUT2D eigenvalue weighted by atomic mass is 10.1. The fourth-order valence-electron chi connectivity index (χ4n) is 4.43. The predicted molar refractivity (Wildman–Crippen MR) is 132 cm³/mol. The molecule has 9 nitrogen and oxygen atoms in total. The molecule has 0 aliphatic carbocycles. The normalized spacial score (nSPS) is 16.5. The Hall–Kier alpha value is -1.33. The van der Waals surface area contributed by atoms with Crippen molar-refractivity contribution in [2.75, 3.05) is 32.8 Å². The number of rotatable bonds is 13. The maximum Gasteiger partial charge on any atom is 0.225 e. The van der Waals surface area contributed by atoms with Crippen molar-refractivity contribution in [1.29, 1.82) is 0 Å². The zero-order valence-corrected chi connectivity index (χ0v) is 22.2. The summed E-state index contributed by atoms with van der Waals surface area (Å²) in [6.07, 6.45) is 8.92. The highest BCUT2D eigenvalue weighted by molar-refractivity contribution is 7.92. The van der Waals surface area contributed by atoms with Crippen LogP contribution in [0, 0.1) is 6.92 Å². The summed E-state index contributed by atoms with van der Waals surface area (Å²) in [5, 5.41) is 9.71. The summed E-state index contributed by atoms with van der Waals surface area (Å²) in [6.45, 7) is 9.34. The third kappa shape index (κ3) is 6.87. The Labute approximate surface area is 208 Å². The molecule has 0 aromatic carbocycles. The van der Waals surface area contributed by atoms with Crippen molar-refractivity contribution in [3.63, 3.8) is 0 Å². The first-order valence-electron chi connectivity index (χ1n) is 12.4. The highest BCUT2D eigenvalue weighted by Crippen LogP contribution is 2.26. The number of aromatic nitrogens is 4. The third-order valence-corrected chi connectivity index (χ3v) is 8.87. The molecule has 0 atom stereocenters. The van der Waals surface area contributed by atoms with Crippen LogP contribution in [0.2, 0.25) is 5.28 Å². The van der Waals surface area contributed by atoms with E-state index in [2.05, 4.69) is 15.0 Å². The van der Waals surface area contributed by atoms with E-state index in [4.69, 9.17) is 16.3 Å². The Bertz CT molecular complexity index is 1050. The fraction of sp³-hybridized carbons (Fsp3) is 0.783. The van der Waals surface area contributed by atoms with Crippen molar-refractivity contribution in [1.82, 2.24) is 19.5 Å². The minimum Gasteiger partial charge on any atom is -0.370 e. The van der Waals surface area contributed by atoms with E-state index in [-0.39, 0.29) is 15.0 Å². The molecule has 34 heavy (non-hydrogen) atoms. The van der Waals surface area contributed by atoms with Crippen molar-refractivity contribution in [2.24, 2.45) is 0 Å². The molecule has 1 aliphatic rings. The monoisotopic (exact) mass is 516 g/mol. The lowest BCUT2D eigenvalue weighted by Gasteiger charge is -2.33. The van der Waals surface area contributed by atoms with Gasteiger partial charge in [0.15, 0.2) is 20.5 Å². The van der Waals surface area contributed by atoms with Gasteiger partial charge in [0.2, 0.25) is 5.28 Å². The van der Waals surface area contributed by atoms with E-state index < -0.39 is 15.1 Å². The molecule has 0 amide bonds. The summed E-state index contributed by atoms with van der Waals surface area (Å²) in [6, 6.07) is 0. The van der Waals surface area contributed by atoms with Gasteiger partial charge in [-0.25, -0.2) is 23.6 Å². The van der Waals surface area contributed by atoms with Gasteiger partial charge in [0.25, 0.3) is 0 Å². The van der Waals surface area contributed by atoms with Crippen LogP contribution in [0.4, 0.5) is 0 Å². The number of ether oxygens (including phenoxy) is 1. The van der Waals surface area contributed by atoms with Gasteiger partial charge in [-0.1, -0.05) is 32.1 Å². The SMILES string of the molecule is Cc1nc2nc(Cl)nc(S(=O)(=O)C(C)C)c2n1CCCCCCCCCC[N+]1(O)CCOCC1. The first kappa shape index (κ1) is 27.3. The topological polar surface area (TPSA) is 107 Å². The van der Waals surface area contributed by atoms with Crippen LogP contribution in [0.3, 0.4) is 0 Å². The Morgan fingerprint density at radius 2 is 1.59 bits per heavy atom. The number of hydroxylamine groups is 3. The first-order chi connectivity index (χ1) is 16.1. The van der Waals surface area contributed by atoms with Crippen molar-refractivity contribution < 1.29 is 23.0 Å². The maximum atomic E-state index is 12.9. The number of nitrogens with zero attached hydrogens (tertiary/aromatic N) is 5. The van der Waals surface area contributed by atoms with Gasteiger partial charge in [0.1, 0.15) is 31.0 Å². The Kier molecular flexibility index (Phi) is 9.68. The lowest BCUT2D eigenvalue weighted by Crippen LogP contribution is -2.52. The molecule has 0 spiro atoms. The number of imidazole rings is 1. The van der Waals surface area contributed by atoms with Gasteiger partial charge in [0, 0.05) is 6.54 Å². The van der Waals surface area contributed by atoms with Gasteiger partial charge in [-0.05, 0) is 51.6 Å². The zero-order chi connectivity index (χ0) is 24.8. The molecule has 1 N–H and O–H groups in total. The highest BCUT2D eigenvalue weighted by atomic mass is 35.5. The van der Waals surface area contributed by atoms with Gasteiger partial charge in [-0.15, -0.1) is 0 Å². The Morgan fingerprint density at radius 1 is 1.00 bits per heavy atom. The molecule has 3 rings (SSSR count). The lowest BCUT2D eigenvalue weighted by molar-refractivity contribution is -1.11. The molecule has 192 valence electrons. The number of quaternary nitrogens is 1. The first-order valence-corrected chi connectivity index (χ1v) is 14.4. The van der Waals surface area contributed by atoms with Crippen LogP contribution in [0.5, 0.6) is 0 Å². The molecule has 0 bridgehead atoms. The van der Waals surface area contributed by atoms with Crippen LogP contribution in [0.25, 0.3) is 11.2 Å². The minimum atomic E-state index is -3.62.